The number of benzene rings is 1. The molecule has 8 heteroatoms. The Hall–Kier alpha value is -3.26. The minimum Gasteiger partial charge on any atom is -0.366 e. The number of hydrogen-bond donors (Lipinski definition) is 3. The van der Waals surface area contributed by atoms with Crippen molar-refractivity contribution in [2.75, 3.05) is 17.7 Å². The molecule has 32 heavy (non-hydrogen) atoms. The number of allylic oxidation sites excluding steroid dienone is 1. The molecule has 0 bridgehead atoms. The highest BCUT2D eigenvalue weighted by atomic mass is 32.1. The molecule has 166 valence electrons. The third kappa shape index (κ3) is 5.13. The lowest BCUT2D eigenvalue weighted by Gasteiger charge is -2.29. The smallest absolute Gasteiger partial charge is 0.251 e. The molecule has 0 spiro atoms. The Labute approximate surface area is 191 Å². The molecule has 0 radical (unpaired) electrons. The molecule has 4 rings (SSSR count). The number of amides is 1. The van der Waals surface area contributed by atoms with E-state index < -0.39 is 0 Å². The number of thiophene rings is 1. The normalized spacial score (nSPS) is 18.2. The van der Waals surface area contributed by atoms with Gasteiger partial charge < -0.3 is 16.0 Å². The lowest BCUT2D eigenvalue weighted by molar-refractivity contribution is -0.115. The summed E-state index contributed by atoms with van der Waals surface area (Å²) < 4.78 is 1.04. The molecule has 3 aromatic rings. The molecule has 2 heterocycles. The predicted octanol–water partition coefficient (Wildman–Crippen LogP) is 4.91. The van der Waals surface area contributed by atoms with Crippen molar-refractivity contribution in [3.05, 3.63) is 53.9 Å². The molecule has 1 aliphatic carbocycles. The van der Waals surface area contributed by atoms with Crippen LogP contribution in [0.5, 0.6) is 0 Å². The van der Waals surface area contributed by atoms with Crippen molar-refractivity contribution in [3.8, 4) is 0 Å². The second-order valence-electron chi connectivity index (χ2n) is 8.05. The first-order valence-electron chi connectivity index (χ1n) is 10.8. The lowest BCUT2D eigenvalue weighted by Crippen LogP contribution is -2.27. The van der Waals surface area contributed by atoms with Crippen molar-refractivity contribution in [2.45, 2.75) is 38.1 Å². The summed E-state index contributed by atoms with van der Waals surface area (Å²) in [6.07, 6.45) is 6.10. The van der Waals surface area contributed by atoms with Gasteiger partial charge in [0.15, 0.2) is 5.78 Å². The molecule has 1 saturated carbocycles. The molecule has 7 nitrogen and oxygen atoms in total. The van der Waals surface area contributed by atoms with Crippen LogP contribution >= 0.6 is 11.3 Å². The van der Waals surface area contributed by atoms with E-state index in [2.05, 4.69) is 27.5 Å². The SMILES string of the molecule is C=CC(=O)CC1CCC(Nc2nc(Nc3ccc(C(=O)NC)cc3)nc3ccsc23)CC1. The molecule has 1 aliphatic rings. The molecule has 0 saturated heterocycles. The number of rotatable bonds is 8. The number of carbonyl (C=O) groups excluding carboxylic acids is 2. The summed E-state index contributed by atoms with van der Waals surface area (Å²) in [6.45, 7) is 3.58. The van der Waals surface area contributed by atoms with E-state index >= 15 is 0 Å². The first-order valence-corrected chi connectivity index (χ1v) is 11.7. The van der Waals surface area contributed by atoms with Crippen molar-refractivity contribution >= 4 is 50.7 Å². The average molecular weight is 450 g/mol. The highest BCUT2D eigenvalue weighted by Gasteiger charge is 2.23. The van der Waals surface area contributed by atoms with Crippen molar-refractivity contribution < 1.29 is 9.59 Å². The van der Waals surface area contributed by atoms with Crippen molar-refractivity contribution in [3.63, 3.8) is 0 Å². The first kappa shape index (κ1) is 22.0. The summed E-state index contributed by atoms with van der Waals surface area (Å²) in [5.41, 5.74) is 2.30. The number of carbonyl (C=O) groups is 2. The zero-order valence-corrected chi connectivity index (χ0v) is 18.9. The van der Waals surface area contributed by atoms with Gasteiger partial charge in [-0.05, 0) is 73.4 Å². The highest BCUT2D eigenvalue weighted by molar-refractivity contribution is 7.17. The summed E-state index contributed by atoms with van der Waals surface area (Å²) in [4.78, 5) is 32.8. The van der Waals surface area contributed by atoms with Crippen LogP contribution in [0.4, 0.5) is 17.5 Å². The Bertz CT molecular complexity index is 1120. The van der Waals surface area contributed by atoms with Crippen LogP contribution in [0.2, 0.25) is 0 Å². The summed E-state index contributed by atoms with van der Waals surface area (Å²) in [5, 5.41) is 11.5. The monoisotopic (exact) mass is 449 g/mol. The van der Waals surface area contributed by atoms with Gasteiger partial charge in [0.05, 0.1) is 10.2 Å². The van der Waals surface area contributed by atoms with Crippen LogP contribution in [-0.4, -0.2) is 34.7 Å². The topological polar surface area (TPSA) is 96.0 Å². The molecular formula is C24H27N5O2S. The van der Waals surface area contributed by atoms with Crippen LogP contribution < -0.4 is 16.0 Å². The molecule has 3 N–H and O–H groups in total. The van der Waals surface area contributed by atoms with Crippen molar-refractivity contribution in [1.82, 2.24) is 15.3 Å². The number of hydrogen-bond acceptors (Lipinski definition) is 7. The lowest BCUT2D eigenvalue weighted by atomic mass is 9.83. The summed E-state index contributed by atoms with van der Waals surface area (Å²) in [6, 6.07) is 9.52. The van der Waals surface area contributed by atoms with E-state index in [0.717, 1.165) is 47.4 Å². The zero-order chi connectivity index (χ0) is 22.5. The van der Waals surface area contributed by atoms with E-state index in [9.17, 15) is 9.59 Å². The van der Waals surface area contributed by atoms with Crippen molar-refractivity contribution in [1.29, 1.82) is 0 Å². The summed E-state index contributed by atoms with van der Waals surface area (Å²) >= 11 is 1.62. The van der Waals surface area contributed by atoms with Crippen molar-refractivity contribution in [2.24, 2.45) is 5.92 Å². The molecular weight excluding hydrogens is 422 g/mol. The van der Waals surface area contributed by atoms with Crippen LogP contribution in [-0.2, 0) is 4.79 Å². The van der Waals surface area contributed by atoms with Crippen LogP contribution in [0.1, 0.15) is 42.5 Å². The third-order valence-electron chi connectivity index (χ3n) is 5.84. The minimum atomic E-state index is -0.123. The fourth-order valence-electron chi connectivity index (χ4n) is 4.07. The minimum absolute atomic E-state index is 0.123. The van der Waals surface area contributed by atoms with Gasteiger partial charge in [0.2, 0.25) is 5.95 Å². The van der Waals surface area contributed by atoms with E-state index in [1.54, 1.807) is 30.5 Å². The number of nitrogens with one attached hydrogen (secondary N) is 3. The quantitative estimate of drug-likeness (QED) is 0.423. The van der Waals surface area contributed by atoms with Gasteiger partial charge in [-0.25, -0.2) is 4.98 Å². The number of nitrogens with zero attached hydrogens (tertiary/aromatic N) is 2. The van der Waals surface area contributed by atoms with E-state index in [0.29, 0.717) is 29.9 Å². The van der Waals surface area contributed by atoms with E-state index in [1.807, 2.05) is 23.6 Å². The number of aromatic nitrogens is 2. The van der Waals surface area contributed by atoms with Gasteiger partial charge in [0.1, 0.15) is 5.82 Å². The second-order valence-corrected chi connectivity index (χ2v) is 8.96. The standard InChI is InChI=1S/C24H27N5O2S/c1-3-19(30)14-15-4-8-17(9-5-15)26-22-21-20(12-13-32-21)28-24(29-22)27-18-10-6-16(7-11-18)23(31)25-2/h3,6-7,10-13,15,17H,1,4-5,8-9,14H2,2H3,(H,25,31)(H2,26,27,28,29). The van der Waals surface area contributed by atoms with Crippen LogP contribution in [0.15, 0.2) is 48.4 Å². The number of ketones is 1. The van der Waals surface area contributed by atoms with Gasteiger partial charge in [-0.15, -0.1) is 11.3 Å². The third-order valence-corrected chi connectivity index (χ3v) is 6.75. The van der Waals surface area contributed by atoms with Gasteiger partial charge in [-0.3, -0.25) is 9.59 Å². The fourth-order valence-corrected chi connectivity index (χ4v) is 4.85. The van der Waals surface area contributed by atoms with Gasteiger partial charge in [-0.1, -0.05) is 6.58 Å². The molecule has 0 unspecified atom stereocenters. The van der Waals surface area contributed by atoms with Gasteiger partial charge >= 0.3 is 0 Å². The maximum Gasteiger partial charge on any atom is 0.251 e. The predicted molar refractivity (Wildman–Crippen MR) is 130 cm³/mol. The Kier molecular flexibility index (Phi) is 6.80. The first-order chi connectivity index (χ1) is 15.6. The Balaban J connectivity index is 1.46. The Morgan fingerprint density at radius 1 is 1.12 bits per heavy atom. The maximum absolute atomic E-state index is 11.7. The van der Waals surface area contributed by atoms with E-state index in [1.165, 1.54) is 6.08 Å². The second kappa shape index (κ2) is 9.91. The highest BCUT2D eigenvalue weighted by Crippen LogP contribution is 2.33. The van der Waals surface area contributed by atoms with Gasteiger partial charge in [0, 0.05) is 30.8 Å². The molecule has 1 amide bonds. The zero-order valence-electron chi connectivity index (χ0n) is 18.1. The number of fused-ring (bicyclic) bond motifs is 1. The van der Waals surface area contributed by atoms with Crippen LogP contribution in [0.3, 0.4) is 0 Å². The van der Waals surface area contributed by atoms with Crippen LogP contribution in [0.25, 0.3) is 10.2 Å². The number of anilines is 3. The van der Waals surface area contributed by atoms with E-state index in [4.69, 9.17) is 4.98 Å². The van der Waals surface area contributed by atoms with Gasteiger partial charge in [0.25, 0.3) is 5.91 Å². The molecule has 1 fully saturated rings. The Morgan fingerprint density at radius 3 is 2.56 bits per heavy atom. The Morgan fingerprint density at radius 2 is 1.88 bits per heavy atom. The van der Waals surface area contributed by atoms with Crippen LogP contribution in [0, 0.1) is 5.92 Å². The fraction of sp³-hybridized carbons (Fsp3) is 0.333. The average Bonchev–Trinajstić information content (AvgIpc) is 3.29. The molecule has 2 aromatic heterocycles. The summed E-state index contributed by atoms with van der Waals surface area (Å²) in [5.74, 6) is 1.80. The molecule has 0 aliphatic heterocycles. The van der Waals surface area contributed by atoms with Gasteiger partial charge in [-0.2, -0.15) is 4.98 Å². The largest absolute Gasteiger partial charge is 0.366 e. The molecule has 1 aromatic carbocycles. The summed E-state index contributed by atoms with van der Waals surface area (Å²) in [7, 11) is 1.61. The van der Waals surface area contributed by atoms with E-state index in [-0.39, 0.29) is 11.7 Å². The molecule has 0 atom stereocenters. The maximum atomic E-state index is 11.7.